The molecule has 0 radical (unpaired) electrons. The Hall–Kier alpha value is -1.71. The van der Waals surface area contributed by atoms with Gasteiger partial charge in [-0.15, -0.1) is 0 Å². The summed E-state index contributed by atoms with van der Waals surface area (Å²) in [5, 5.41) is 10.9. The molecule has 0 amide bonds. The van der Waals surface area contributed by atoms with Gasteiger partial charge in [-0.3, -0.25) is 10.1 Å². The summed E-state index contributed by atoms with van der Waals surface area (Å²) in [5.41, 5.74) is 0.561. The van der Waals surface area contributed by atoms with Crippen molar-refractivity contribution in [2.45, 2.75) is 39.2 Å². The van der Waals surface area contributed by atoms with Crippen LogP contribution in [0.5, 0.6) is 0 Å². The zero-order valence-corrected chi connectivity index (χ0v) is 10.8. The molecule has 0 aliphatic heterocycles. The summed E-state index contributed by atoms with van der Waals surface area (Å²) in [7, 11) is 0. The molecule has 0 saturated heterocycles. The first kappa shape index (κ1) is 14.4. The summed E-state index contributed by atoms with van der Waals surface area (Å²) in [5.74, 6) is 0. The number of nitrogens with zero attached hydrogens (tertiary/aromatic N) is 1. The fourth-order valence-corrected chi connectivity index (χ4v) is 2.00. The van der Waals surface area contributed by atoms with E-state index in [1.165, 1.54) is 0 Å². The molecule has 0 fully saturated rings. The van der Waals surface area contributed by atoms with E-state index in [0.717, 1.165) is 18.3 Å². The highest BCUT2D eigenvalue weighted by Gasteiger charge is 2.38. The molecule has 1 aromatic carbocycles. The summed E-state index contributed by atoms with van der Waals surface area (Å²) in [6.45, 7) is 3.40. The fourth-order valence-electron chi connectivity index (χ4n) is 2.00. The van der Waals surface area contributed by atoms with E-state index in [1.807, 2.05) is 37.3 Å². The van der Waals surface area contributed by atoms with Crippen LogP contribution in [-0.2, 0) is 11.2 Å². The van der Waals surface area contributed by atoms with Gasteiger partial charge in [-0.25, -0.2) is 0 Å². The van der Waals surface area contributed by atoms with Gasteiger partial charge in [0.2, 0.25) is 6.04 Å². The molecule has 0 aliphatic rings. The smallest absolute Gasteiger partial charge is 0.216 e. The predicted molar refractivity (Wildman–Crippen MR) is 70.0 cm³/mol. The Balaban J connectivity index is 2.74. The molecule has 0 aliphatic carbocycles. The lowest BCUT2D eigenvalue weighted by Crippen LogP contribution is -2.37. The third-order valence-electron chi connectivity index (χ3n) is 3.70. The van der Waals surface area contributed by atoms with Crippen molar-refractivity contribution in [3.63, 3.8) is 0 Å². The third-order valence-corrected chi connectivity index (χ3v) is 3.70. The van der Waals surface area contributed by atoms with E-state index in [1.54, 1.807) is 6.92 Å². The molecule has 1 aromatic rings. The van der Waals surface area contributed by atoms with Crippen LogP contribution in [0.4, 0.5) is 0 Å². The summed E-state index contributed by atoms with van der Waals surface area (Å²) in [6, 6.07) is 9.11. The third kappa shape index (κ3) is 3.65. The first-order valence-corrected chi connectivity index (χ1v) is 6.10. The Morgan fingerprint density at radius 2 is 2.00 bits per heavy atom. The van der Waals surface area contributed by atoms with Crippen molar-refractivity contribution in [1.29, 1.82) is 0 Å². The minimum absolute atomic E-state index is 0.224. The van der Waals surface area contributed by atoms with Gasteiger partial charge in [-0.05, 0) is 18.4 Å². The fraction of sp³-hybridized carbons (Fsp3) is 0.500. The number of aldehydes is 1. The standard InChI is InChI=1S/C14H19NO3/c1-12(15(17)18)14(2,10-11-16)9-8-13-6-4-3-5-7-13/h3-7,11-12H,8-10H2,1-2H3/t12?,14-/m1/s1. The van der Waals surface area contributed by atoms with Crippen molar-refractivity contribution in [2.75, 3.05) is 0 Å². The Morgan fingerprint density at radius 3 is 2.50 bits per heavy atom. The van der Waals surface area contributed by atoms with E-state index in [2.05, 4.69) is 0 Å². The molecule has 0 N–H and O–H groups in total. The molecule has 0 saturated carbocycles. The highest BCUT2D eigenvalue weighted by molar-refractivity contribution is 5.50. The highest BCUT2D eigenvalue weighted by atomic mass is 16.6. The van der Waals surface area contributed by atoms with Crippen molar-refractivity contribution in [3.8, 4) is 0 Å². The Morgan fingerprint density at radius 1 is 1.39 bits per heavy atom. The monoisotopic (exact) mass is 249 g/mol. The number of hydrogen-bond donors (Lipinski definition) is 0. The molecular weight excluding hydrogens is 230 g/mol. The molecule has 0 spiro atoms. The van der Waals surface area contributed by atoms with Gasteiger partial charge in [0.1, 0.15) is 6.29 Å². The number of aryl methyl sites for hydroxylation is 1. The Bertz CT molecular complexity index is 405. The van der Waals surface area contributed by atoms with Crippen LogP contribution < -0.4 is 0 Å². The first-order chi connectivity index (χ1) is 8.49. The molecule has 1 rings (SSSR count). The lowest BCUT2D eigenvalue weighted by Gasteiger charge is -2.28. The van der Waals surface area contributed by atoms with Gasteiger partial charge in [0.15, 0.2) is 0 Å². The second-order valence-corrected chi connectivity index (χ2v) is 4.97. The average molecular weight is 249 g/mol. The number of carbonyl (C=O) groups is 1. The van der Waals surface area contributed by atoms with Crippen LogP contribution in [0.2, 0.25) is 0 Å². The van der Waals surface area contributed by atoms with Crippen LogP contribution in [0.3, 0.4) is 0 Å². The molecule has 1 unspecified atom stereocenters. The lowest BCUT2D eigenvalue weighted by atomic mass is 9.76. The largest absolute Gasteiger partial charge is 0.303 e. The maximum atomic E-state index is 10.9. The highest BCUT2D eigenvalue weighted by Crippen LogP contribution is 2.32. The molecule has 4 heteroatoms. The van der Waals surface area contributed by atoms with E-state index >= 15 is 0 Å². The molecule has 0 aromatic heterocycles. The van der Waals surface area contributed by atoms with Crippen molar-refractivity contribution < 1.29 is 9.72 Å². The van der Waals surface area contributed by atoms with Gasteiger partial charge in [-0.2, -0.15) is 0 Å². The molecule has 2 atom stereocenters. The van der Waals surface area contributed by atoms with E-state index in [-0.39, 0.29) is 11.3 Å². The van der Waals surface area contributed by atoms with Crippen molar-refractivity contribution in [1.82, 2.24) is 0 Å². The molecule has 98 valence electrons. The topological polar surface area (TPSA) is 60.2 Å². The SMILES string of the molecule is CC([N+](=O)[O-])[C@@](C)(CC=O)CCc1ccccc1. The second-order valence-electron chi connectivity index (χ2n) is 4.97. The summed E-state index contributed by atoms with van der Waals surface area (Å²) in [6.07, 6.45) is 2.40. The number of nitro groups is 1. The molecule has 0 bridgehead atoms. The van der Waals surface area contributed by atoms with Crippen LogP contribution >= 0.6 is 0 Å². The zero-order valence-electron chi connectivity index (χ0n) is 10.8. The van der Waals surface area contributed by atoms with Crippen molar-refractivity contribution >= 4 is 6.29 Å². The first-order valence-electron chi connectivity index (χ1n) is 6.10. The van der Waals surface area contributed by atoms with Crippen LogP contribution in [0.1, 0.15) is 32.3 Å². The maximum absolute atomic E-state index is 10.9. The van der Waals surface area contributed by atoms with Crippen molar-refractivity contribution in [3.05, 3.63) is 46.0 Å². The van der Waals surface area contributed by atoms with Crippen LogP contribution in [0, 0.1) is 15.5 Å². The zero-order chi connectivity index (χ0) is 13.6. The second kappa shape index (κ2) is 6.28. The number of carbonyl (C=O) groups excluding carboxylic acids is 1. The van der Waals surface area contributed by atoms with Gasteiger partial charge < -0.3 is 4.79 Å². The van der Waals surface area contributed by atoms with Gasteiger partial charge in [0.25, 0.3) is 0 Å². The maximum Gasteiger partial charge on any atom is 0.216 e. The van der Waals surface area contributed by atoms with E-state index < -0.39 is 11.5 Å². The van der Waals surface area contributed by atoms with Crippen LogP contribution in [-0.4, -0.2) is 17.3 Å². The van der Waals surface area contributed by atoms with Gasteiger partial charge in [0, 0.05) is 23.7 Å². The molecule has 0 heterocycles. The summed E-state index contributed by atoms with van der Waals surface area (Å²) >= 11 is 0. The van der Waals surface area contributed by atoms with Gasteiger partial charge >= 0.3 is 0 Å². The van der Waals surface area contributed by atoms with Gasteiger partial charge in [0.05, 0.1) is 0 Å². The summed E-state index contributed by atoms with van der Waals surface area (Å²) in [4.78, 5) is 21.4. The quantitative estimate of drug-likeness (QED) is 0.424. The van der Waals surface area contributed by atoms with E-state index in [0.29, 0.717) is 6.42 Å². The van der Waals surface area contributed by atoms with Crippen molar-refractivity contribution in [2.24, 2.45) is 5.41 Å². The average Bonchev–Trinajstić information content (AvgIpc) is 2.37. The number of hydrogen-bond acceptors (Lipinski definition) is 3. The number of benzene rings is 1. The Kier molecular flexibility index (Phi) is 5.01. The molecule has 18 heavy (non-hydrogen) atoms. The Labute approximate surface area is 107 Å². The lowest BCUT2D eigenvalue weighted by molar-refractivity contribution is -0.537. The van der Waals surface area contributed by atoms with Crippen LogP contribution in [0.15, 0.2) is 30.3 Å². The molecular formula is C14H19NO3. The predicted octanol–water partition coefficient (Wildman–Crippen LogP) is 2.88. The van der Waals surface area contributed by atoms with Crippen LogP contribution in [0.25, 0.3) is 0 Å². The minimum Gasteiger partial charge on any atom is -0.303 e. The summed E-state index contributed by atoms with van der Waals surface area (Å²) < 4.78 is 0. The number of rotatable bonds is 7. The molecule has 4 nitrogen and oxygen atoms in total. The van der Waals surface area contributed by atoms with E-state index in [9.17, 15) is 14.9 Å². The normalized spacial score (nSPS) is 15.7. The minimum atomic E-state index is -0.716. The van der Waals surface area contributed by atoms with Gasteiger partial charge in [-0.1, -0.05) is 37.3 Å². The van der Waals surface area contributed by atoms with E-state index in [4.69, 9.17) is 0 Å².